The van der Waals surface area contributed by atoms with Crippen LogP contribution in [0, 0.1) is 0 Å². The Morgan fingerprint density at radius 3 is 2.38 bits per heavy atom. The first-order valence-corrected chi connectivity index (χ1v) is 10.8. The molecule has 0 radical (unpaired) electrons. The van der Waals surface area contributed by atoms with Gasteiger partial charge in [-0.15, -0.1) is 4.41 Å². The molecule has 29 heavy (non-hydrogen) atoms. The van der Waals surface area contributed by atoms with Crippen LogP contribution in [0.15, 0.2) is 54.6 Å². The van der Waals surface area contributed by atoms with Gasteiger partial charge in [-0.2, -0.15) is 0 Å². The van der Waals surface area contributed by atoms with E-state index in [-0.39, 0.29) is 5.92 Å². The van der Waals surface area contributed by atoms with Crippen LogP contribution in [0.1, 0.15) is 17.9 Å². The molecule has 4 rings (SSSR count). The molecule has 1 saturated heterocycles. The van der Waals surface area contributed by atoms with E-state index in [0.29, 0.717) is 37.6 Å². The number of piperazine rings is 1. The second-order valence-electron chi connectivity index (χ2n) is 7.32. The summed E-state index contributed by atoms with van der Waals surface area (Å²) in [7, 11) is 0. The van der Waals surface area contributed by atoms with Gasteiger partial charge in [0.25, 0.3) is 0 Å². The highest BCUT2D eigenvalue weighted by Crippen LogP contribution is 2.56. The molecule has 1 aliphatic carbocycles. The number of halogens is 1. The molecule has 7 nitrogen and oxygen atoms in total. The zero-order chi connectivity index (χ0) is 20.6. The van der Waals surface area contributed by atoms with Crippen LogP contribution in [0.25, 0.3) is 0 Å². The Balaban J connectivity index is 1.54. The molecule has 2 fully saturated rings. The number of aliphatic carboxylic acids is 1. The number of anilines is 1. The highest BCUT2D eigenvalue weighted by Gasteiger charge is 2.68. The predicted octanol–water partition coefficient (Wildman–Crippen LogP) is 2.83. The average Bonchev–Trinajstić information content (AvgIpc) is 3.46. The Bertz CT molecular complexity index is 923. The largest absolute Gasteiger partial charge is 0.480 e. The number of carbonyl (C=O) groups is 1. The molecule has 1 saturated carbocycles. The maximum absolute atomic E-state index is 12.3. The topological polar surface area (TPSA) is 84.3 Å². The van der Waals surface area contributed by atoms with E-state index in [0.717, 1.165) is 11.3 Å². The van der Waals surface area contributed by atoms with Gasteiger partial charge in [0.2, 0.25) is 11.3 Å². The van der Waals surface area contributed by atoms with Crippen molar-refractivity contribution in [3.63, 3.8) is 0 Å². The van der Waals surface area contributed by atoms with E-state index in [2.05, 4.69) is 4.90 Å². The van der Waals surface area contributed by atoms with Crippen molar-refractivity contribution >= 4 is 34.5 Å². The standard InChI is InChI=1S/C20H22ClN3O4S/c21-16-7-4-8-17(13-16)22-9-11-23(12-10-22)24(29(27)28)20(19(25)26)14-18(20)15-5-2-1-3-6-15/h1-8,13,18H,9-12,14H2,(H,25,26)(H,27,28). The Kier molecular flexibility index (Phi) is 5.63. The zero-order valence-corrected chi connectivity index (χ0v) is 17.2. The molecule has 2 N–H and O–H groups in total. The number of carboxylic acids is 1. The number of rotatable bonds is 6. The number of benzene rings is 2. The minimum atomic E-state index is -2.44. The van der Waals surface area contributed by atoms with Crippen molar-refractivity contribution in [2.75, 3.05) is 31.1 Å². The van der Waals surface area contributed by atoms with Crippen molar-refractivity contribution in [3.8, 4) is 0 Å². The van der Waals surface area contributed by atoms with Gasteiger partial charge in [-0.05, 0) is 30.2 Å². The summed E-state index contributed by atoms with van der Waals surface area (Å²) in [5.41, 5.74) is 0.442. The zero-order valence-electron chi connectivity index (χ0n) is 15.6. The van der Waals surface area contributed by atoms with Crippen LogP contribution in [0.5, 0.6) is 0 Å². The molecular weight excluding hydrogens is 414 g/mol. The van der Waals surface area contributed by atoms with Gasteiger partial charge in [-0.1, -0.05) is 48.0 Å². The van der Waals surface area contributed by atoms with Crippen LogP contribution < -0.4 is 4.90 Å². The molecule has 2 aliphatic rings. The summed E-state index contributed by atoms with van der Waals surface area (Å²) in [4.78, 5) is 14.4. The molecule has 1 aliphatic heterocycles. The lowest BCUT2D eigenvalue weighted by atomic mass is 10.1. The SMILES string of the molecule is O=C(O)C1(N(N2CCN(c3cccc(Cl)c3)CC2)S(=O)O)CC1c1ccccc1. The van der Waals surface area contributed by atoms with Gasteiger partial charge in [0.05, 0.1) is 0 Å². The maximum atomic E-state index is 12.3. The molecule has 9 heteroatoms. The predicted molar refractivity (Wildman–Crippen MR) is 112 cm³/mol. The van der Waals surface area contributed by atoms with Crippen LogP contribution in [-0.4, -0.2) is 61.0 Å². The van der Waals surface area contributed by atoms with E-state index in [1.54, 1.807) is 5.01 Å². The highest BCUT2D eigenvalue weighted by atomic mass is 35.5. The van der Waals surface area contributed by atoms with Crippen molar-refractivity contribution in [1.82, 2.24) is 9.42 Å². The van der Waals surface area contributed by atoms with Crippen LogP contribution in [0.4, 0.5) is 5.69 Å². The van der Waals surface area contributed by atoms with Gasteiger partial charge < -0.3 is 10.0 Å². The van der Waals surface area contributed by atoms with E-state index >= 15 is 0 Å². The van der Waals surface area contributed by atoms with Crippen molar-refractivity contribution in [1.29, 1.82) is 0 Å². The average molecular weight is 436 g/mol. The van der Waals surface area contributed by atoms with Gasteiger partial charge in [-0.3, -0.25) is 9.35 Å². The summed E-state index contributed by atoms with van der Waals surface area (Å²) in [5.74, 6) is -1.41. The Morgan fingerprint density at radius 2 is 1.79 bits per heavy atom. The minimum absolute atomic E-state index is 0.299. The number of nitrogens with zero attached hydrogens (tertiary/aromatic N) is 3. The van der Waals surface area contributed by atoms with Crippen molar-refractivity contribution < 1.29 is 18.7 Å². The van der Waals surface area contributed by atoms with Crippen LogP contribution in [0.3, 0.4) is 0 Å². The lowest BCUT2D eigenvalue weighted by Crippen LogP contribution is -2.60. The highest BCUT2D eigenvalue weighted by molar-refractivity contribution is 7.76. The first-order valence-electron chi connectivity index (χ1n) is 9.38. The molecule has 2 aromatic rings. The summed E-state index contributed by atoms with van der Waals surface area (Å²) in [6, 6.07) is 16.8. The minimum Gasteiger partial charge on any atom is -0.480 e. The molecule has 3 atom stereocenters. The monoisotopic (exact) mass is 435 g/mol. The van der Waals surface area contributed by atoms with Gasteiger partial charge in [0.1, 0.15) is 0 Å². The van der Waals surface area contributed by atoms with Crippen molar-refractivity contribution in [3.05, 3.63) is 65.2 Å². The lowest BCUT2D eigenvalue weighted by Gasteiger charge is -2.42. The summed E-state index contributed by atoms with van der Waals surface area (Å²) < 4.78 is 23.5. The Labute approximate surface area is 176 Å². The molecule has 0 aromatic heterocycles. The van der Waals surface area contributed by atoms with Gasteiger partial charge in [-0.25, -0.2) is 9.22 Å². The number of hydrogen-bond donors (Lipinski definition) is 2. The first kappa shape index (κ1) is 20.3. The summed E-state index contributed by atoms with van der Waals surface area (Å²) in [6.45, 7) is 2.07. The van der Waals surface area contributed by atoms with Gasteiger partial charge in [0.15, 0.2) is 5.54 Å². The normalized spacial score (nSPS) is 25.8. The van der Waals surface area contributed by atoms with E-state index in [4.69, 9.17) is 11.6 Å². The second kappa shape index (κ2) is 8.04. The number of carboxylic acid groups (broad SMARTS) is 1. The molecule has 0 spiro atoms. The molecule has 3 unspecified atom stereocenters. The van der Waals surface area contributed by atoms with Gasteiger partial charge in [0, 0.05) is 42.8 Å². The van der Waals surface area contributed by atoms with E-state index in [9.17, 15) is 18.7 Å². The van der Waals surface area contributed by atoms with Crippen LogP contribution in [-0.2, 0) is 16.1 Å². The second-order valence-corrected chi connectivity index (χ2v) is 8.56. The fourth-order valence-corrected chi connectivity index (χ4v) is 5.26. The van der Waals surface area contributed by atoms with E-state index in [1.807, 2.05) is 54.6 Å². The van der Waals surface area contributed by atoms with Crippen LogP contribution in [0.2, 0.25) is 5.02 Å². The fraction of sp³-hybridized carbons (Fsp3) is 0.350. The molecule has 0 amide bonds. The Morgan fingerprint density at radius 1 is 1.10 bits per heavy atom. The third kappa shape index (κ3) is 3.78. The van der Waals surface area contributed by atoms with Gasteiger partial charge >= 0.3 is 5.97 Å². The maximum Gasteiger partial charge on any atom is 0.327 e. The lowest BCUT2D eigenvalue weighted by molar-refractivity contribution is -0.149. The smallest absolute Gasteiger partial charge is 0.327 e. The third-order valence-corrected chi connectivity index (χ3v) is 6.77. The molecule has 2 aromatic carbocycles. The third-order valence-electron chi connectivity index (χ3n) is 5.68. The van der Waals surface area contributed by atoms with E-state index < -0.39 is 22.8 Å². The molecule has 154 valence electrons. The molecule has 1 heterocycles. The molecule has 0 bridgehead atoms. The number of hydrogen-bond acceptors (Lipinski definition) is 4. The number of hydrazine groups is 1. The van der Waals surface area contributed by atoms with Crippen molar-refractivity contribution in [2.45, 2.75) is 17.9 Å². The Hall–Kier alpha value is -1.97. The summed E-state index contributed by atoms with van der Waals surface area (Å²) in [5, 5.41) is 12.4. The summed E-state index contributed by atoms with van der Waals surface area (Å²) >= 11 is 3.63. The fourth-order valence-electron chi connectivity index (χ4n) is 4.16. The first-order chi connectivity index (χ1) is 13.9. The van der Waals surface area contributed by atoms with Crippen molar-refractivity contribution in [2.24, 2.45) is 0 Å². The quantitative estimate of drug-likeness (QED) is 0.679. The van der Waals surface area contributed by atoms with E-state index in [1.165, 1.54) is 4.41 Å². The summed E-state index contributed by atoms with van der Waals surface area (Å²) in [6.07, 6.45) is 0.299. The molecular formula is C20H22ClN3O4S. The van der Waals surface area contributed by atoms with Crippen LogP contribution >= 0.6 is 11.6 Å².